The molecule has 0 aliphatic heterocycles. The molecule has 0 heterocycles. The molecule has 0 saturated carbocycles. The Morgan fingerprint density at radius 3 is 2.03 bits per heavy atom. The van der Waals surface area contributed by atoms with Crippen molar-refractivity contribution in [2.75, 3.05) is 0 Å². The van der Waals surface area contributed by atoms with Gasteiger partial charge in [-0.05, 0) is 24.0 Å². The van der Waals surface area contributed by atoms with E-state index in [4.69, 9.17) is 0 Å². The molecule has 0 aromatic heterocycles. The second kappa shape index (κ2) is 14.2. The van der Waals surface area contributed by atoms with E-state index in [0.717, 1.165) is 62.5 Å². The first-order valence-electron chi connectivity index (χ1n) is 11.2. The van der Waals surface area contributed by atoms with Crippen molar-refractivity contribution in [3.8, 4) is 0 Å². The monoisotopic (exact) mass is 405 g/mol. The van der Waals surface area contributed by atoms with Gasteiger partial charge in [-0.1, -0.05) is 90.0 Å². The fourth-order valence-corrected chi connectivity index (χ4v) is 3.55. The second-order valence-electron chi connectivity index (χ2n) is 7.83. The number of nitrogens with zero attached hydrogens (tertiary/aromatic N) is 1. The van der Waals surface area contributed by atoms with Gasteiger partial charge in [0.25, 0.3) is 0 Å². The average Bonchev–Trinajstić information content (AvgIpc) is 2.72. The Labute approximate surface area is 176 Å². The van der Waals surface area contributed by atoms with Crippen LogP contribution in [0.25, 0.3) is 0 Å². The third-order valence-electron chi connectivity index (χ3n) is 5.41. The van der Waals surface area contributed by atoms with Crippen molar-refractivity contribution in [1.29, 1.82) is 0 Å². The highest BCUT2D eigenvalue weighted by Gasteiger charge is 2.28. The van der Waals surface area contributed by atoms with E-state index in [1.54, 1.807) is 6.92 Å². The molecule has 1 aromatic carbocycles. The Morgan fingerprint density at radius 2 is 1.48 bits per heavy atom. The molecule has 2 N–H and O–H groups in total. The first-order valence-corrected chi connectivity index (χ1v) is 11.2. The van der Waals surface area contributed by atoms with Crippen LogP contribution in [0.4, 0.5) is 0 Å². The molecule has 1 aromatic rings. The number of aliphatic hydroxyl groups is 1. The summed E-state index contributed by atoms with van der Waals surface area (Å²) >= 11 is 0. The van der Waals surface area contributed by atoms with Crippen molar-refractivity contribution in [1.82, 2.24) is 4.90 Å². The number of unbranched alkanes of at least 4 members (excludes halogenated alkanes) is 5. The van der Waals surface area contributed by atoms with Gasteiger partial charge in [-0.15, -0.1) is 0 Å². The minimum Gasteiger partial charge on any atom is -0.480 e. The maximum atomic E-state index is 12.5. The number of carboxylic acid groups (broad SMARTS) is 1. The van der Waals surface area contributed by atoms with Crippen LogP contribution in [-0.2, 0) is 16.1 Å². The molecular formula is C24H39NO4. The van der Waals surface area contributed by atoms with Gasteiger partial charge in [0, 0.05) is 13.0 Å². The molecular weight excluding hydrogens is 366 g/mol. The van der Waals surface area contributed by atoms with Gasteiger partial charge in [0.2, 0.25) is 5.91 Å². The maximum absolute atomic E-state index is 12.5. The third kappa shape index (κ3) is 8.99. The van der Waals surface area contributed by atoms with E-state index >= 15 is 0 Å². The van der Waals surface area contributed by atoms with E-state index in [1.165, 1.54) is 4.90 Å². The van der Waals surface area contributed by atoms with Gasteiger partial charge < -0.3 is 15.1 Å². The van der Waals surface area contributed by atoms with Crippen LogP contribution in [0, 0.1) is 0 Å². The number of carbonyl (C=O) groups excluding carboxylic acids is 1. The van der Waals surface area contributed by atoms with Crippen LogP contribution in [-0.4, -0.2) is 33.0 Å². The van der Waals surface area contributed by atoms with Gasteiger partial charge in [-0.25, -0.2) is 4.79 Å². The highest BCUT2D eigenvalue weighted by atomic mass is 16.4. The lowest BCUT2D eigenvalue weighted by Crippen LogP contribution is -2.44. The van der Waals surface area contributed by atoms with Gasteiger partial charge in [0.1, 0.15) is 6.04 Å². The van der Waals surface area contributed by atoms with Gasteiger partial charge >= 0.3 is 5.97 Å². The normalized spacial score (nSPS) is 13.1. The van der Waals surface area contributed by atoms with Gasteiger partial charge in [0.05, 0.1) is 6.10 Å². The number of benzene rings is 1. The number of aliphatic hydroxyl groups excluding tert-OH is 1. The standard InChI is InChI=1S/C24H39NO4/c1-4-7-9-11-12-21(24(28)29)25(23(27)6-3)18-19-14-16-20(17-15-19)22(26)13-10-8-5-2/h14-17,21-22,26H,4-13,18H2,1-3H3,(H,28,29). The Morgan fingerprint density at radius 1 is 0.897 bits per heavy atom. The molecule has 29 heavy (non-hydrogen) atoms. The molecule has 1 rings (SSSR count). The molecule has 2 atom stereocenters. The molecule has 2 unspecified atom stereocenters. The van der Waals surface area contributed by atoms with Crippen molar-refractivity contribution in [2.24, 2.45) is 0 Å². The van der Waals surface area contributed by atoms with Gasteiger partial charge in [0.15, 0.2) is 0 Å². The number of carbonyl (C=O) groups is 2. The minimum absolute atomic E-state index is 0.142. The average molecular weight is 406 g/mol. The number of hydrogen-bond donors (Lipinski definition) is 2. The van der Waals surface area contributed by atoms with E-state index < -0.39 is 18.1 Å². The molecule has 164 valence electrons. The number of rotatable bonds is 15. The lowest BCUT2D eigenvalue weighted by Gasteiger charge is -2.29. The Balaban J connectivity index is 2.83. The molecule has 0 spiro atoms. The SMILES string of the molecule is CCCCCCC(C(=O)O)N(Cc1ccc(C(O)CCCCC)cc1)C(=O)CC. The Kier molecular flexibility index (Phi) is 12.3. The van der Waals surface area contributed by atoms with Gasteiger partial charge in [-0.3, -0.25) is 4.79 Å². The summed E-state index contributed by atoms with van der Waals surface area (Å²) in [5.41, 5.74) is 1.75. The van der Waals surface area contributed by atoms with Crippen LogP contribution >= 0.6 is 0 Å². The fourth-order valence-electron chi connectivity index (χ4n) is 3.55. The molecule has 0 aliphatic carbocycles. The molecule has 0 aliphatic rings. The Hall–Kier alpha value is -1.88. The predicted molar refractivity (Wildman–Crippen MR) is 117 cm³/mol. The minimum atomic E-state index is -0.939. The van der Waals surface area contributed by atoms with E-state index in [9.17, 15) is 19.8 Å². The van der Waals surface area contributed by atoms with Crippen LogP contribution in [0.3, 0.4) is 0 Å². The zero-order valence-corrected chi connectivity index (χ0v) is 18.4. The highest BCUT2D eigenvalue weighted by molar-refractivity contribution is 5.83. The fraction of sp³-hybridized carbons (Fsp3) is 0.667. The summed E-state index contributed by atoms with van der Waals surface area (Å²) in [7, 11) is 0. The zero-order valence-electron chi connectivity index (χ0n) is 18.4. The van der Waals surface area contributed by atoms with Crippen LogP contribution in [0.2, 0.25) is 0 Å². The number of hydrogen-bond acceptors (Lipinski definition) is 3. The third-order valence-corrected chi connectivity index (χ3v) is 5.41. The van der Waals surface area contributed by atoms with Crippen LogP contribution in [0.15, 0.2) is 24.3 Å². The summed E-state index contributed by atoms with van der Waals surface area (Å²) in [4.78, 5) is 25.9. The number of amides is 1. The van der Waals surface area contributed by atoms with E-state index in [0.29, 0.717) is 6.42 Å². The molecule has 0 radical (unpaired) electrons. The first kappa shape index (κ1) is 25.2. The Bertz CT molecular complexity index is 599. The van der Waals surface area contributed by atoms with Crippen LogP contribution in [0.1, 0.15) is 102 Å². The van der Waals surface area contributed by atoms with Crippen molar-refractivity contribution < 1.29 is 19.8 Å². The lowest BCUT2D eigenvalue weighted by atomic mass is 10.0. The molecule has 0 saturated heterocycles. The van der Waals surface area contributed by atoms with Gasteiger partial charge in [-0.2, -0.15) is 0 Å². The summed E-state index contributed by atoms with van der Waals surface area (Å²) in [6, 6.07) is 6.77. The molecule has 1 amide bonds. The molecule has 5 heteroatoms. The van der Waals surface area contributed by atoms with Crippen molar-refractivity contribution in [3.05, 3.63) is 35.4 Å². The molecule has 5 nitrogen and oxygen atoms in total. The smallest absolute Gasteiger partial charge is 0.326 e. The lowest BCUT2D eigenvalue weighted by molar-refractivity contribution is -0.151. The van der Waals surface area contributed by atoms with Crippen molar-refractivity contribution in [2.45, 2.75) is 104 Å². The van der Waals surface area contributed by atoms with E-state index in [-0.39, 0.29) is 18.9 Å². The van der Waals surface area contributed by atoms with E-state index in [2.05, 4.69) is 13.8 Å². The molecule has 0 fully saturated rings. The number of carboxylic acids is 1. The van der Waals surface area contributed by atoms with E-state index in [1.807, 2.05) is 24.3 Å². The molecule has 0 bridgehead atoms. The summed E-state index contributed by atoms with van der Waals surface area (Å²) in [5, 5.41) is 20.0. The largest absolute Gasteiger partial charge is 0.480 e. The highest BCUT2D eigenvalue weighted by Crippen LogP contribution is 2.22. The predicted octanol–water partition coefficient (Wildman–Crippen LogP) is 5.46. The quantitative estimate of drug-likeness (QED) is 0.380. The summed E-state index contributed by atoms with van der Waals surface area (Å²) in [6.45, 7) is 6.30. The second-order valence-corrected chi connectivity index (χ2v) is 7.83. The summed E-state index contributed by atoms with van der Waals surface area (Å²) in [6.07, 6.45) is 8.22. The maximum Gasteiger partial charge on any atom is 0.326 e. The number of aliphatic carboxylic acids is 1. The van der Waals surface area contributed by atoms with Crippen molar-refractivity contribution >= 4 is 11.9 Å². The van der Waals surface area contributed by atoms with Crippen LogP contribution < -0.4 is 0 Å². The summed E-state index contributed by atoms with van der Waals surface area (Å²) in [5.74, 6) is -1.08. The summed E-state index contributed by atoms with van der Waals surface area (Å²) < 4.78 is 0. The zero-order chi connectivity index (χ0) is 21.6. The van der Waals surface area contributed by atoms with Crippen LogP contribution in [0.5, 0.6) is 0 Å². The van der Waals surface area contributed by atoms with Crippen molar-refractivity contribution in [3.63, 3.8) is 0 Å². The topological polar surface area (TPSA) is 77.8 Å². The first-order chi connectivity index (χ1) is 13.9.